The number of hydrogen-bond donors (Lipinski definition) is 1. The van der Waals surface area contributed by atoms with Gasteiger partial charge in [0.15, 0.2) is 0 Å². The van der Waals surface area contributed by atoms with Gasteiger partial charge in [-0.05, 0) is 30.2 Å². The number of β-amino-alcohol motifs (C(OH)–C–C–N with tert-alkyl or cyclic N) is 1. The zero-order valence-electron chi connectivity index (χ0n) is 13.4. The number of ether oxygens (including phenoxy) is 1. The molecule has 24 heavy (non-hydrogen) atoms. The van der Waals surface area contributed by atoms with Gasteiger partial charge in [0.05, 0.1) is 24.4 Å². The van der Waals surface area contributed by atoms with Crippen LogP contribution in [-0.2, 0) is 23.2 Å². The maximum atomic E-state index is 13.4. The van der Waals surface area contributed by atoms with E-state index in [9.17, 15) is 14.3 Å². The minimum Gasteiger partial charge on any atom is -0.391 e. The largest absolute Gasteiger partial charge is 0.391 e. The Kier molecular flexibility index (Phi) is 4.92. The van der Waals surface area contributed by atoms with Crippen molar-refractivity contribution in [3.63, 3.8) is 0 Å². The SMILES string of the molecule is Cn1nccc1COCC(=O)N1C[C@H](O)C[C@@H]1c1cccc(F)c1. The Morgan fingerprint density at radius 3 is 3.00 bits per heavy atom. The molecule has 0 saturated carbocycles. The van der Waals surface area contributed by atoms with Crippen molar-refractivity contribution in [3.05, 3.63) is 53.6 Å². The molecule has 1 aromatic heterocycles. The van der Waals surface area contributed by atoms with Crippen molar-refractivity contribution in [1.82, 2.24) is 14.7 Å². The Balaban J connectivity index is 1.63. The second-order valence-corrected chi connectivity index (χ2v) is 5.95. The number of rotatable bonds is 5. The molecule has 0 spiro atoms. The van der Waals surface area contributed by atoms with Crippen LogP contribution in [0.4, 0.5) is 4.39 Å². The Hall–Kier alpha value is -2.25. The van der Waals surface area contributed by atoms with Gasteiger partial charge in [0, 0.05) is 19.8 Å². The van der Waals surface area contributed by atoms with Crippen LogP contribution in [0.3, 0.4) is 0 Å². The molecule has 1 aromatic carbocycles. The number of benzene rings is 1. The quantitative estimate of drug-likeness (QED) is 0.898. The van der Waals surface area contributed by atoms with Gasteiger partial charge >= 0.3 is 0 Å². The third-order valence-corrected chi connectivity index (χ3v) is 4.23. The van der Waals surface area contributed by atoms with Crippen LogP contribution in [-0.4, -0.2) is 44.9 Å². The third-order valence-electron chi connectivity index (χ3n) is 4.23. The summed E-state index contributed by atoms with van der Waals surface area (Å²) in [5.74, 6) is -0.572. The first-order chi connectivity index (χ1) is 11.5. The highest BCUT2D eigenvalue weighted by molar-refractivity contribution is 5.78. The highest BCUT2D eigenvalue weighted by Crippen LogP contribution is 2.32. The molecule has 0 radical (unpaired) electrons. The molecule has 1 saturated heterocycles. The number of amides is 1. The van der Waals surface area contributed by atoms with E-state index in [4.69, 9.17) is 4.74 Å². The van der Waals surface area contributed by atoms with Gasteiger partial charge in [-0.25, -0.2) is 4.39 Å². The maximum Gasteiger partial charge on any atom is 0.249 e. The first-order valence-corrected chi connectivity index (χ1v) is 7.82. The van der Waals surface area contributed by atoms with Crippen LogP contribution in [0, 0.1) is 5.82 Å². The van der Waals surface area contributed by atoms with E-state index in [0.29, 0.717) is 12.0 Å². The van der Waals surface area contributed by atoms with Crippen molar-refractivity contribution in [2.75, 3.05) is 13.2 Å². The molecule has 0 aliphatic carbocycles. The number of aliphatic hydroxyl groups is 1. The summed E-state index contributed by atoms with van der Waals surface area (Å²) in [5, 5.41) is 14.0. The molecule has 0 bridgehead atoms. The van der Waals surface area contributed by atoms with Crippen LogP contribution in [0.5, 0.6) is 0 Å². The normalized spacial score (nSPS) is 20.5. The van der Waals surface area contributed by atoms with Crippen LogP contribution in [0.25, 0.3) is 0 Å². The Morgan fingerprint density at radius 1 is 1.46 bits per heavy atom. The van der Waals surface area contributed by atoms with Crippen molar-refractivity contribution in [2.24, 2.45) is 7.05 Å². The zero-order chi connectivity index (χ0) is 17.1. The molecular formula is C17H20FN3O3. The molecule has 3 rings (SSSR count). The van der Waals surface area contributed by atoms with Crippen LogP contribution in [0.1, 0.15) is 23.7 Å². The second kappa shape index (κ2) is 7.11. The molecule has 1 aliphatic heterocycles. The number of aromatic nitrogens is 2. The summed E-state index contributed by atoms with van der Waals surface area (Å²) in [6.45, 7) is 0.419. The van der Waals surface area contributed by atoms with Crippen LogP contribution < -0.4 is 0 Å². The topological polar surface area (TPSA) is 67.6 Å². The number of hydrogen-bond acceptors (Lipinski definition) is 4. The molecule has 1 N–H and O–H groups in total. The summed E-state index contributed by atoms with van der Waals surface area (Å²) >= 11 is 0. The van der Waals surface area contributed by atoms with Gasteiger partial charge in [0.2, 0.25) is 5.91 Å². The van der Waals surface area contributed by atoms with Gasteiger partial charge in [-0.3, -0.25) is 9.48 Å². The predicted octanol–water partition coefficient (Wildman–Crippen LogP) is 1.41. The predicted molar refractivity (Wildman–Crippen MR) is 84.3 cm³/mol. The van der Waals surface area contributed by atoms with E-state index in [1.165, 1.54) is 12.1 Å². The van der Waals surface area contributed by atoms with E-state index in [0.717, 1.165) is 5.69 Å². The van der Waals surface area contributed by atoms with Crippen molar-refractivity contribution in [2.45, 2.75) is 25.2 Å². The molecule has 128 valence electrons. The Bertz CT molecular complexity index is 719. The molecule has 7 heteroatoms. The highest BCUT2D eigenvalue weighted by atomic mass is 19.1. The monoisotopic (exact) mass is 333 g/mol. The van der Waals surface area contributed by atoms with Gasteiger partial charge < -0.3 is 14.7 Å². The fourth-order valence-electron chi connectivity index (χ4n) is 2.99. The van der Waals surface area contributed by atoms with E-state index < -0.39 is 6.10 Å². The van der Waals surface area contributed by atoms with Crippen molar-refractivity contribution in [3.8, 4) is 0 Å². The third kappa shape index (κ3) is 3.63. The first kappa shape index (κ1) is 16.6. The maximum absolute atomic E-state index is 13.4. The molecule has 1 aliphatic rings. The lowest BCUT2D eigenvalue weighted by Gasteiger charge is -2.24. The van der Waals surface area contributed by atoms with Crippen LogP contribution in [0.15, 0.2) is 36.5 Å². The number of carbonyl (C=O) groups excluding carboxylic acids is 1. The van der Waals surface area contributed by atoms with Crippen LogP contribution >= 0.6 is 0 Å². The van der Waals surface area contributed by atoms with E-state index in [-0.39, 0.29) is 37.5 Å². The number of likely N-dealkylation sites (tertiary alicyclic amines) is 1. The number of aryl methyl sites for hydroxylation is 1. The molecular weight excluding hydrogens is 313 g/mol. The summed E-state index contributed by atoms with van der Waals surface area (Å²) in [7, 11) is 1.80. The average Bonchev–Trinajstić information content (AvgIpc) is 3.13. The summed E-state index contributed by atoms with van der Waals surface area (Å²) < 4.78 is 20.6. The van der Waals surface area contributed by atoms with Gasteiger partial charge in [-0.2, -0.15) is 5.10 Å². The lowest BCUT2D eigenvalue weighted by atomic mass is 10.0. The van der Waals surface area contributed by atoms with Crippen LogP contribution in [0.2, 0.25) is 0 Å². The summed E-state index contributed by atoms with van der Waals surface area (Å²) in [6, 6.07) is 7.62. The van der Waals surface area contributed by atoms with Gasteiger partial charge in [0.1, 0.15) is 12.4 Å². The van der Waals surface area contributed by atoms with E-state index in [1.807, 2.05) is 6.07 Å². The number of halogens is 1. The summed E-state index contributed by atoms with van der Waals surface area (Å²) in [4.78, 5) is 14.0. The molecule has 2 atom stereocenters. The molecule has 1 fully saturated rings. The van der Waals surface area contributed by atoms with Gasteiger partial charge in [-0.1, -0.05) is 12.1 Å². The smallest absolute Gasteiger partial charge is 0.249 e. The number of nitrogens with zero attached hydrogens (tertiary/aromatic N) is 3. The number of aliphatic hydroxyl groups excluding tert-OH is 1. The fraction of sp³-hybridized carbons (Fsp3) is 0.412. The number of carbonyl (C=O) groups is 1. The Morgan fingerprint density at radius 2 is 2.29 bits per heavy atom. The second-order valence-electron chi connectivity index (χ2n) is 5.95. The lowest BCUT2D eigenvalue weighted by Crippen LogP contribution is -2.34. The van der Waals surface area contributed by atoms with E-state index >= 15 is 0 Å². The molecule has 2 heterocycles. The summed E-state index contributed by atoms with van der Waals surface area (Å²) in [5.41, 5.74) is 1.55. The van der Waals surface area contributed by atoms with Crippen molar-refractivity contribution < 1.29 is 19.0 Å². The minimum absolute atomic E-state index is 0.0935. The molecule has 2 aromatic rings. The fourth-order valence-corrected chi connectivity index (χ4v) is 2.99. The standard InChI is InChI=1S/C17H20FN3O3/c1-20-14(5-6-19-20)10-24-11-17(23)21-9-15(22)8-16(21)12-3-2-4-13(18)7-12/h2-7,15-16,22H,8-11H2,1H3/t15-,16-/m1/s1. The first-order valence-electron chi connectivity index (χ1n) is 7.82. The zero-order valence-corrected chi connectivity index (χ0v) is 13.4. The summed E-state index contributed by atoms with van der Waals surface area (Å²) in [6.07, 6.45) is 1.45. The Labute approximate surface area is 139 Å². The minimum atomic E-state index is -0.612. The lowest BCUT2D eigenvalue weighted by molar-refractivity contribution is -0.137. The van der Waals surface area contributed by atoms with Gasteiger partial charge in [-0.15, -0.1) is 0 Å². The van der Waals surface area contributed by atoms with E-state index in [1.54, 1.807) is 35.0 Å². The van der Waals surface area contributed by atoms with Gasteiger partial charge in [0.25, 0.3) is 0 Å². The molecule has 6 nitrogen and oxygen atoms in total. The molecule has 0 unspecified atom stereocenters. The van der Waals surface area contributed by atoms with E-state index in [2.05, 4.69) is 5.10 Å². The molecule has 1 amide bonds. The average molecular weight is 333 g/mol. The highest BCUT2D eigenvalue weighted by Gasteiger charge is 2.35. The van der Waals surface area contributed by atoms with Crippen molar-refractivity contribution >= 4 is 5.91 Å². The van der Waals surface area contributed by atoms with Crippen molar-refractivity contribution in [1.29, 1.82) is 0 Å².